The van der Waals surface area contributed by atoms with E-state index < -0.39 is 0 Å². The molecule has 1 fully saturated rings. The summed E-state index contributed by atoms with van der Waals surface area (Å²) >= 11 is 0. The summed E-state index contributed by atoms with van der Waals surface area (Å²) in [5, 5.41) is 3.42. The van der Waals surface area contributed by atoms with Crippen LogP contribution in [-0.4, -0.2) is 25.8 Å². The van der Waals surface area contributed by atoms with Crippen molar-refractivity contribution in [1.29, 1.82) is 0 Å². The zero-order chi connectivity index (χ0) is 11.8. The SMILES string of the molecule is CCC1CCCC(OCCNCC(C)C)C1. The fraction of sp³-hybridized carbons (Fsp3) is 1.00. The lowest BCUT2D eigenvalue weighted by atomic mass is 9.85. The van der Waals surface area contributed by atoms with Gasteiger partial charge in [0.15, 0.2) is 0 Å². The highest BCUT2D eigenvalue weighted by atomic mass is 16.5. The molecular formula is C14H29NO. The quantitative estimate of drug-likeness (QED) is 0.674. The van der Waals surface area contributed by atoms with Gasteiger partial charge >= 0.3 is 0 Å². The fourth-order valence-electron chi connectivity index (χ4n) is 2.45. The fourth-order valence-corrected chi connectivity index (χ4v) is 2.45. The van der Waals surface area contributed by atoms with E-state index in [1.807, 2.05) is 0 Å². The van der Waals surface area contributed by atoms with Crippen LogP contribution in [0.2, 0.25) is 0 Å². The van der Waals surface area contributed by atoms with E-state index in [4.69, 9.17) is 4.74 Å². The topological polar surface area (TPSA) is 21.3 Å². The third-order valence-corrected chi connectivity index (χ3v) is 3.50. The second-order valence-corrected chi connectivity index (χ2v) is 5.53. The normalized spacial score (nSPS) is 26.2. The maximum absolute atomic E-state index is 5.93. The smallest absolute Gasteiger partial charge is 0.0594 e. The number of hydrogen-bond donors (Lipinski definition) is 1. The summed E-state index contributed by atoms with van der Waals surface area (Å²) in [6.07, 6.45) is 7.22. The van der Waals surface area contributed by atoms with Gasteiger partial charge in [-0.2, -0.15) is 0 Å². The molecule has 1 aliphatic carbocycles. The maximum atomic E-state index is 5.93. The lowest BCUT2D eigenvalue weighted by molar-refractivity contribution is 0.0141. The van der Waals surface area contributed by atoms with E-state index in [1.165, 1.54) is 32.1 Å². The molecule has 2 unspecified atom stereocenters. The van der Waals surface area contributed by atoms with Gasteiger partial charge in [0.2, 0.25) is 0 Å². The van der Waals surface area contributed by atoms with E-state index in [9.17, 15) is 0 Å². The van der Waals surface area contributed by atoms with E-state index >= 15 is 0 Å². The van der Waals surface area contributed by atoms with Crippen molar-refractivity contribution in [3.05, 3.63) is 0 Å². The van der Waals surface area contributed by atoms with Crippen molar-refractivity contribution < 1.29 is 4.74 Å². The van der Waals surface area contributed by atoms with Gasteiger partial charge in [0.1, 0.15) is 0 Å². The third-order valence-electron chi connectivity index (χ3n) is 3.50. The summed E-state index contributed by atoms with van der Waals surface area (Å²) in [6.45, 7) is 9.77. The highest BCUT2D eigenvalue weighted by molar-refractivity contribution is 4.72. The van der Waals surface area contributed by atoms with E-state index in [0.29, 0.717) is 6.10 Å². The largest absolute Gasteiger partial charge is 0.377 e. The van der Waals surface area contributed by atoms with Gasteiger partial charge in [-0.05, 0) is 31.2 Å². The molecule has 0 radical (unpaired) electrons. The van der Waals surface area contributed by atoms with E-state index in [-0.39, 0.29) is 0 Å². The molecule has 1 saturated carbocycles. The van der Waals surface area contributed by atoms with Gasteiger partial charge in [-0.1, -0.05) is 40.0 Å². The van der Waals surface area contributed by atoms with Gasteiger partial charge in [0, 0.05) is 6.54 Å². The van der Waals surface area contributed by atoms with Gasteiger partial charge in [0.05, 0.1) is 12.7 Å². The van der Waals surface area contributed by atoms with Crippen LogP contribution in [0.4, 0.5) is 0 Å². The van der Waals surface area contributed by atoms with E-state index in [2.05, 4.69) is 26.1 Å². The Morgan fingerprint density at radius 2 is 2.12 bits per heavy atom. The average Bonchev–Trinajstić information content (AvgIpc) is 2.28. The Kier molecular flexibility index (Phi) is 7.06. The van der Waals surface area contributed by atoms with Crippen LogP contribution in [0.1, 0.15) is 52.9 Å². The molecule has 96 valence electrons. The highest BCUT2D eigenvalue weighted by Gasteiger charge is 2.20. The molecule has 0 amide bonds. The Morgan fingerprint density at radius 3 is 2.81 bits per heavy atom. The molecule has 0 bridgehead atoms. The van der Waals surface area contributed by atoms with Crippen molar-refractivity contribution in [2.45, 2.75) is 59.0 Å². The van der Waals surface area contributed by atoms with Gasteiger partial charge < -0.3 is 10.1 Å². The van der Waals surface area contributed by atoms with Gasteiger partial charge in [-0.3, -0.25) is 0 Å². The minimum atomic E-state index is 0.541. The Bertz CT molecular complexity index is 170. The molecule has 0 heterocycles. The van der Waals surface area contributed by atoms with Crippen LogP contribution in [0.5, 0.6) is 0 Å². The molecule has 0 saturated heterocycles. The molecule has 0 aromatic heterocycles. The van der Waals surface area contributed by atoms with Crippen molar-refractivity contribution >= 4 is 0 Å². The molecule has 1 aliphatic rings. The number of hydrogen-bond acceptors (Lipinski definition) is 2. The van der Waals surface area contributed by atoms with E-state index in [0.717, 1.165) is 31.5 Å². The van der Waals surface area contributed by atoms with Crippen LogP contribution in [0.3, 0.4) is 0 Å². The maximum Gasteiger partial charge on any atom is 0.0594 e. The second-order valence-electron chi connectivity index (χ2n) is 5.53. The first kappa shape index (κ1) is 14.0. The van der Waals surface area contributed by atoms with Crippen LogP contribution in [0.25, 0.3) is 0 Å². The molecule has 0 aliphatic heterocycles. The van der Waals surface area contributed by atoms with Crippen LogP contribution < -0.4 is 5.32 Å². The summed E-state index contributed by atoms with van der Waals surface area (Å²) in [6, 6.07) is 0. The van der Waals surface area contributed by atoms with Crippen LogP contribution in [-0.2, 0) is 4.74 Å². The highest BCUT2D eigenvalue weighted by Crippen LogP contribution is 2.28. The van der Waals surface area contributed by atoms with Crippen molar-refractivity contribution in [3.8, 4) is 0 Å². The van der Waals surface area contributed by atoms with Gasteiger partial charge in [0.25, 0.3) is 0 Å². The Hall–Kier alpha value is -0.0800. The summed E-state index contributed by atoms with van der Waals surface area (Å²) in [5.74, 6) is 1.65. The van der Waals surface area contributed by atoms with Crippen molar-refractivity contribution in [1.82, 2.24) is 5.32 Å². The minimum Gasteiger partial charge on any atom is -0.377 e. The molecule has 0 aromatic rings. The number of rotatable bonds is 7. The van der Waals surface area contributed by atoms with Crippen molar-refractivity contribution in [2.24, 2.45) is 11.8 Å². The van der Waals surface area contributed by atoms with E-state index in [1.54, 1.807) is 0 Å². The first-order valence-electron chi connectivity index (χ1n) is 7.04. The Morgan fingerprint density at radius 1 is 1.31 bits per heavy atom. The van der Waals surface area contributed by atoms with Crippen molar-refractivity contribution in [2.75, 3.05) is 19.7 Å². The standard InChI is InChI=1S/C14H29NO/c1-4-13-6-5-7-14(10-13)16-9-8-15-11-12(2)3/h12-15H,4-11H2,1-3H3. The molecule has 2 heteroatoms. The monoisotopic (exact) mass is 227 g/mol. The minimum absolute atomic E-state index is 0.541. The molecule has 2 nitrogen and oxygen atoms in total. The predicted octanol–water partition coefficient (Wildman–Crippen LogP) is 3.22. The number of ether oxygens (including phenoxy) is 1. The zero-order valence-electron chi connectivity index (χ0n) is 11.3. The molecule has 1 rings (SSSR count). The van der Waals surface area contributed by atoms with Crippen LogP contribution in [0, 0.1) is 11.8 Å². The van der Waals surface area contributed by atoms with Crippen LogP contribution >= 0.6 is 0 Å². The Labute approximate surface area is 101 Å². The Balaban J connectivity index is 1.99. The summed E-state index contributed by atoms with van der Waals surface area (Å²) in [5.41, 5.74) is 0. The molecule has 16 heavy (non-hydrogen) atoms. The average molecular weight is 227 g/mol. The molecular weight excluding hydrogens is 198 g/mol. The molecule has 0 aromatic carbocycles. The van der Waals surface area contributed by atoms with Crippen LogP contribution in [0.15, 0.2) is 0 Å². The summed E-state index contributed by atoms with van der Waals surface area (Å²) in [4.78, 5) is 0. The lowest BCUT2D eigenvalue weighted by Gasteiger charge is -2.28. The molecule has 1 N–H and O–H groups in total. The predicted molar refractivity (Wildman–Crippen MR) is 69.7 cm³/mol. The third kappa shape index (κ3) is 5.86. The van der Waals surface area contributed by atoms with Gasteiger partial charge in [-0.25, -0.2) is 0 Å². The second kappa shape index (κ2) is 8.08. The summed E-state index contributed by atoms with van der Waals surface area (Å²) in [7, 11) is 0. The molecule has 2 atom stereocenters. The summed E-state index contributed by atoms with van der Waals surface area (Å²) < 4.78 is 5.93. The number of nitrogens with one attached hydrogen (secondary N) is 1. The molecule has 0 spiro atoms. The first-order valence-corrected chi connectivity index (χ1v) is 7.04. The lowest BCUT2D eigenvalue weighted by Crippen LogP contribution is -2.28. The van der Waals surface area contributed by atoms with Gasteiger partial charge in [-0.15, -0.1) is 0 Å². The zero-order valence-corrected chi connectivity index (χ0v) is 11.3. The first-order chi connectivity index (χ1) is 7.72. The van der Waals surface area contributed by atoms with Crippen molar-refractivity contribution in [3.63, 3.8) is 0 Å².